The monoisotopic (exact) mass is 446 g/mol. The number of nitro groups is 1. The molecule has 0 bridgehead atoms. The zero-order valence-corrected chi connectivity index (χ0v) is 16.0. The number of rotatable bonds is 4. The normalized spacial score (nSPS) is 16.0. The number of carbonyl (C=O) groups excluding carboxylic acids is 3. The van der Waals surface area contributed by atoms with Gasteiger partial charge in [-0.3, -0.25) is 35.3 Å². The third-order valence-corrected chi connectivity index (χ3v) is 4.73. The second-order valence-corrected chi connectivity index (χ2v) is 7.05. The maximum atomic E-state index is 12.3. The molecule has 3 rings (SSSR count). The number of amides is 3. The Labute approximate surface area is 168 Å². The SMILES string of the molecule is O=C(NNC(=O)C1CC(=O)N(c2cccc(Br)c2)C1)c1cccc([N+](=O)[O-])c1. The standard InChI is InChI=1S/C18H15BrN4O5/c19-13-4-2-5-14(9-13)22-10-12(8-16(22)24)18(26)21-20-17(25)11-3-1-6-15(7-11)23(27)28/h1-7,9,12H,8,10H2,(H,20,25)(H,21,26). The molecule has 2 aromatic rings. The van der Waals surface area contributed by atoms with Crippen LogP contribution in [0.2, 0.25) is 0 Å². The van der Waals surface area contributed by atoms with Crippen LogP contribution in [0.3, 0.4) is 0 Å². The number of nitrogens with one attached hydrogen (secondary N) is 2. The van der Waals surface area contributed by atoms with Crippen LogP contribution >= 0.6 is 15.9 Å². The molecule has 0 spiro atoms. The molecular formula is C18H15BrN4O5. The Morgan fingerprint density at radius 2 is 1.89 bits per heavy atom. The van der Waals surface area contributed by atoms with Crippen LogP contribution in [-0.4, -0.2) is 29.2 Å². The van der Waals surface area contributed by atoms with E-state index >= 15 is 0 Å². The summed E-state index contributed by atoms with van der Waals surface area (Å²) in [6.07, 6.45) is 0.0189. The number of hydrogen-bond acceptors (Lipinski definition) is 5. The van der Waals surface area contributed by atoms with Crippen molar-refractivity contribution in [1.29, 1.82) is 0 Å². The van der Waals surface area contributed by atoms with E-state index in [1.807, 2.05) is 6.07 Å². The molecule has 1 unspecified atom stereocenters. The fraction of sp³-hybridized carbons (Fsp3) is 0.167. The van der Waals surface area contributed by atoms with Crippen LogP contribution in [0, 0.1) is 16.0 Å². The van der Waals surface area contributed by atoms with E-state index in [4.69, 9.17) is 0 Å². The lowest BCUT2D eigenvalue weighted by Crippen LogP contribution is -2.45. The molecular weight excluding hydrogens is 432 g/mol. The Balaban J connectivity index is 1.59. The first-order valence-electron chi connectivity index (χ1n) is 8.26. The number of hydrazine groups is 1. The van der Waals surface area contributed by atoms with Crippen LogP contribution < -0.4 is 15.8 Å². The Morgan fingerprint density at radius 1 is 1.14 bits per heavy atom. The molecule has 1 aliphatic heterocycles. The lowest BCUT2D eigenvalue weighted by atomic mass is 10.1. The lowest BCUT2D eigenvalue weighted by molar-refractivity contribution is -0.384. The first-order chi connectivity index (χ1) is 13.3. The summed E-state index contributed by atoms with van der Waals surface area (Å²) in [7, 11) is 0. The molecule has 28 heavy (non-hydrogen) atoms. The summed E-state index contributed by atoms with van der Waals surface area (Å²) in [5, 5.41) is 10.8. The van der Waals surface area contributed by atoms with Gasteiger partial charge in [0.1, 0.15) is 0 Å². The van der Waals surface area contributed by atoms with E-state index in [1.165, 1.54) is 23.1 Å². The molecule has 3 amide bonds. The van der Waals surface area contributed by atoms with Crippen LogP contribution in [-0.2, 0) is 9.59 Å². The van der Waals surface area contributed by atoms with Gasteiger partial charge in [0.25, 0.3) is 11.6 Å². The van der Waals surface area contributed by atoms with Crippen molar-refractivity contribution < 1.29 is 19.3 Å². The molecule has 1 heterocycles. The summed E-state index contributed by atoms with van der Waals surface area (Å²) >= 11 is 3.34. The smallest absolute Gasteiger partial charge is 0.270 e. The second-order valence-electron chi connectivity index (χ2n) is 6.14. The van der Waals surface area contributed by atoms with Crippen LogP contribution in [0.1, 0.15) is 16.8 Å². The van der Waals surface area contributed by atoms with Crippen molar-refractivity contribution in [1.82, 2.24) is 10.9 Å². The van der Waals surface area contributed by atoms with Gasteiger partial charge in [-0.25, -0.2) is 0 Å². The van der Waals surface area contributed by atoms with E-state index in [-0.39, 0.29) is 30.1 Å². The number of carbonyl (C=O) groups is 3. The summed E-state index contributed by atoms with van der Waals surface area (Å²) in [6.45, 7) is 0.188. The quantitative estimate of drug-likeness (QED) is 0.550. The molecule has 1 aliphatic rings. The highest BCUT2D eigenvalue weighted by molar-refractivity contribution is 9.10. The molecule has 0 radical (unpaired) electrons. The molecule has 2 aromatic carbocycles. The Morgan fingerprint density at radius 3 is 2.61 bits per heavy atom. The van der Waals surface area contributed by atoms with E-state index in [9.17, 15) is 24.5 Å². The summed E-state index contributed by atoms with van der Waals surface area (Å²) in [5.74, 6) is -2.02. The van der Waals surface area contributed by atoms with Gasteiger partial charge in [-0.15, -0.1) is 0 Å². The van der Waals surface area contributed by atoms with Crippen molar-refractivity contribution in [3.63, 3.8) is 0 Å². The van der Waals surface area contributed by atoms with E-state index in [0.717, 1.165) is 10.5 Å². The van der Waals surface area contributed by atoms with Gasteiger partial charge in [-0.05, 0) is 24.3 Å². The van der Waals surface area contributed by atoms with Crippen molar-refractivity contribution in [2.75, 3.05) is 11.4 Å². The summed E-state index contributed by atoms with van der Waals surface area (Å²) in [5.41, 5.74) is 4.98. The number of non-ortho nitro benzene ring substituents is 1. The highest BCUT2D eigenvalue weighted by atomic mass is 79.9. The molecule has 0 aliphatic carbocycles. The van der Waals surface area contributed by atoms with Crippen molar-refractivity contribution in [3.05, 3.63) is 68.7 Å². The zero-order chi connectivity index (χ0) is 20.3. The van der Waals surface area contributed by atoms with Crippen LogP contribution in [0.5, 0.6) is 0 Å². The maximum absolute atomic E-state index is 12.3. The predicted octanol–water partition coefficient (Wildman–Crippen LogP) is 2.17. The Bertz CT molecular complexity index is 964. The first-order valence-corrected chi connectivity index (χ1v) is 9.05. The molecule has 1 atom stereocenters. The fourth-order valence-corrected chi connectivity index (χ4v) is 3.22. The fourth-order valence-electron chi connectivity index (χ4n) is 2.83. The molecule has 10 heteroatoms. The summed E-state index contributed by atoms with van der Waals surface area (Å²) in [6, 6.07) is 12.3. The maximum Gasteiger partial charge on any atom is 0.270 e. The molecule has 9 nitrogen and oxygen atoms in total. The minimum Gasteiger partial charge on any atom is -0.312 e. The largest absolute Gasteiger partial charge is 0.312 e. The second kappa shape index (κ2) is 8.17. The molecule has 0 aromatic heterocycles. The zero-order valence-electron chi connectivity index (χ0n) is 14.4. The number of nitrogens with zero attached hydrogens (tertiary/aromatic N) is 2. The summed E-state index contributed by atoms with van der Waals surface area (Å²) in [4.78, 5) is 48.3. The minimum absolute atomic E-state index is 0.0189. The number of nitro benzene ring substituents is 1. The van der Waals surface area contributed by atoms with Gasteiger partial charge in [0.15, 0.2) is 0 Å². The van der Waals surface area contributed by atoms with Crippen molar-refractivity contribution >= 4 is 45.0 Å². The highest BCUT2D eigenvalue weighted by Crippen LogP contribution is 2.27. The van der Waals surface area contributed by atoms with Gasteiger partial charge in [-0.2, -0.15) is 0 Å². The summed E-state index contributed by atoms with van der Waals surface area (Å²) < 4.78 is 0.815. The van der Waals surface area contributed by atoms with Gasteiger partial charge in [0.2, 0.25) is 11.8 Å². The van der Waals surface area contributed by atoms with Gasteiger partial charge < -0.3 is 4.90 Å². The number of benzene rings is 2. The molecule has 0 saturated carbocycles. The van der Waals surface area contributed by atoms with E-state index in [2.05, 4.69) is 26.8 Å². The van der Waals surface area contributed by atoms with Crippen molar-refractivity contribution in [2.24, 2.45) is 5.92 Å². The average Bonchev–Trinajstić information content (AvgIpc) is 3.07. The Hall–Kier alpha value is -3.27. The Kier molecular flexibility index (Phi) is 5.69. The van der Waals surface area contributed by atoms with Crippen LogP contribution in [0.15, 0.2) is 53.0 Å². The highest BCUT2D eigenvalue weighted by Gasteiger charge is 2.35. The topological polar surface area (TPSA) is 122 Å². The first kappa shape index (κ1) is 19.5. The third kappa shape index (κ3) is 4.34. The molecule has 1 saturated heterocycles. The van der Waals surface area contributed by atoms with Crippen LogP contribution in [0.25, 0.3) is 0 Å². The number of anilines is 1. The average molecular weight is 447 g/mol. The lowest BCUT2D eigenvalue weighted by Gasteiger charge is -2.17. The van der Waals surface area contributed by atoms with Gasteiger partial charge in [-0.1, -0.05) is 28.1 Å². The van der Waals surface area contributed by atoms with Gasteiger partial charge in [0.05, 0.1) is 10.8 Å². The number of hydrogen-bond donors (Lipinski definition) is 2. The van der Waals surface area contributed by atoms with Crippen LogP contribution in [0.4, 0.5) is 11.4 Å². The molecule has 1 fully saturated rings. The van der Waals surface area contributed by atoms with E-state index in [1.54, 1.807) is 18.2 Å². The van der Waals surface area contributed by atoms with E-state index < -0.39 is 22.7 Å². The van der Waals surface area contributed by atoms with Gasteiger partial charge >= 0.3 is 0 Å². The molecule has 144 valence electrons. The number of halogens is 1. The van der Waals surface area contributed by atoms with Gasteiger partial charge in [0, 0.05) is 40.8 Å². The van der Waals surface area contributed by atoms with E-state index in [0.29, 0.717) is 5.69 Å². The third-order valence-electron chi connectivity index (χ3n) is 4.23. The van der Waals surface area contributed by atoms with Crippen molar-refractivity contribution in [2.45, 2.75) is 6.42 Å². The van der Waals surface area contributed by atoms with Crippen molar-refractivity contribution in [3.8, 4) is 0 Å². The molecule has 2 N–H and O–H groups in total. The minimum atomic E-state index is -0.690. The predicted molar refractivity (Wildman–Crippen MR) is 103 cm³/mol.